The largest absolute Gasteiger partial charge is 0.376 e. The molecule has 2 aromatic heterocycles. The molecule has 0 unspecified atom stereocenters. The molecule has 2 N–H and O–H groups in total. The number of carbonyl (C=O) groups is 3. The fraction of sp³-hybridized carbons (Fsp3) is 0.571. The van der Waals surface area contributed by atoms with Gasteiger partial charge < -0.3 is 10.1 Å². The van der Waals surface area contributed by atoms with Crippen LogP contribution < -0.4 is 10.7 Å². The summed E-state index contributed by atoms with van der Waals surface area (Å²) >= 11 is 2.80. The number of nitrogens with zero attached hydrogens (tertiary/aromatic N) is 4. The van der Waals surface area contributed by atoms with E-state index in [9.17, 15) is 14.4 Å². The molecule has 1 saturated carbocycles. The van der Waals surface area contributed by atoms with Gasteiger partial charge in [0.2, 0.25) is 5.91 Å². The Hall–Kier alpha value is -2.44. The summed E-state index contributed by atoms with van der Waals surface area (Å²) in [5.41, 5.74) is 1.61. The fourth-order valence-electron chi connectivity index (χ4n) is 4.64. The van der Waals surface area contributed by atoms with E-state index in [0.29, 0.717) is 24.5 Å². The highest BCUT2D eigenvalue weighted by Gasteiger charge is 2.52. The molecule has 4 heterocycles. The van der Waals surface area contributed by atoms with E-state index in [1.54, 1.807) is 11.3 Å². The number of rotatable bonds is 7. The molecule has 10 nitrogen and oxygen atoms in total. The third-order valence-corrected chi connectivity index (χ3v) is 8.14. The number of aromatic nitrogens is 3. The molecule has 0 aromatic carbocycles. The Kier molecular flexibility index (Phi) is 6.39. The van der Waals surface area contributed by atoms with Crippen molar-refractivity contribution < 1.29 is 19.1 Å². The molecule has 0 bridgehead atoms. The molecule has 2 aliphatic heterocycles. The Morgan fingerprint density at radius 1 is 1.27 bits per heavy atom. The maximum Gasteiger partial charge on any atom is 0.344 e. The van der Waals surface area contributed by atoms with Crippen molar-refractivity contribution in [1.29, 1.82) is 0 Å². The van der Waals surface area contributed by atoms with Crippen LogP contribution in [0.4, 0.5) is 4.79 Å². The third-order valence-electron chi connectivity index (χ3n) is 6.31. The van der Waals surface area contributed by atoms with Crippen LogP contribution in [0.25, 0.3) is 10.7 Å². The summed E-state index contributed by atoms with van der Waals surface area (Å²) in [4.78, 5) is 38.9. The summed E-state index contributed by atoms with van der Waals surface area (Å²) in [5, 5.41) is 14.9. The first-order valence-corrected chi connectivity index (χ1v) is 13.1. The van der Waals surface area contributed by atoms with Gasteiger partial charge >= 0.3 is 6.03 Å². The zero-order chi connectivity index (χ0) is 22.8. The zero-order valence-corrected chi connectivity index (χ0v) is 19.8. The minimum absolute atomic E-state index is 0.00183. The van der Waals surface area contributed by atoms with Crippen molar-refractivity contribution in [3.8, 4) is 10.7 Å². The van der Waals surface area contributed by atoms with Crippen LogP contribution in [-0.4, -0.2) is 61.6 Å². The number of urea groups is 1. The lowest BCUT2D eigenvalue weighted by atomic mass is 9.82. The minimum atomic E-state index is -0.868. The molecule has 5 rings (SSSR count). The van der Waals surface area contributed by atoms with Gasteiger partial charge in [0.05, 0.1) is 23.3 Å². The molecule has 0 radical (unpaired) electrons. The fourth-order valence-corrected chi connectivity index (χ4v) is 6.10. The van der Waals surface area contributed by atoms with E-state index in [4.69, 9.17) is 4.74 Å². The predicted molar refractivity (Wildman–Crippen MR) is 122 cm³/mol. The number of nitrogens with one attached hydrogen (secondary N) is 2. The lowest BCUT2D eigenvalue weighted by molar-refractivity contribution is -0.139. The van der Waals surface area contributed by atoms with Gasteiger partial charge in [-0.3, -0.25) is 19.6 Å². The van der Waals surface area contributed by atoms with Crippen LogP contribution in [-0.2, 0) is 20.9 Å². The molecule has 176 valence electrons. The molecule has 2 saturated heterocycles. The number of hydrogen-bond donors (Lipinski definition) is 2. The van der Waals surface area contributed by atoms with Crippen LogP contribution in [0, 0.1) is 0 Å². The summed E-state index contributed by atoms with van der Waals surface area (Å²) in [5.74, 6) is -0.0671. The van der Waals surface area contributed by atoms with Gasteiger partial charge in [-0.25, -0.2) is 4.79 Å². The highest BCUT2D eigenvalue weighted by atomic mass is 32.2. The molecule has 3 fully saturated rings. The van der Waals surface area contributed by atoms with E-state index in [-0.39, 0.29) is 17.8 Å². The number of ether oxygens (including phenoxy) is 1. The van der Waals surface area contributed by atoms with Crippen molar-refractivity contribution in [2.24, 2.45) is 0 Å². The number of carbonyl (C=O) groups excluding carboxylic acids is 3. The Labute approximate surface area is 199 Å². The van der Waals surface area contributed by atoms with Crippen LogP contribution in [0.5, 0.6) is 0 Å². The van der Waals surface area contributed by atoms with Gasteiger partial charge in [0.15, 0.2) is 11.0 Å². The maximum absolute atomic E-state index is 12.9. The van der Waals surface area contributed by atoms with Crippen molar-refractivity contribution >= 4 is 40.9 Å². The van der Waals surface area contributed by atoms with Crippen molar-refractivity contribution in [2.75, 3.05) is 12.4 Å². The van der Waals surface area contributed by atoms with Gasteiger partial charge in [0.25, 0.3) is 5.91 Å². The first-order chi connectivity index (χ1) is 16.1. The molecule has 4 amide bonds. The zero-order valence-electron chi connectivity index (χ0n) is 18.1. The van der Waals surface area contributed by atoms with Crippen molar-refractivity contribution in [3.63, 3.8) is 0 Å². The number of hydrogen-bond acceptors (Lipinski definition) is 8. The van der Waals surface area contributed by atoms with Gasteiger partial charge in [0, 0.05) is 6.61 Å². The summed E-state index contributed by atoms with van der Waals surface area (Å²) < 4.78 is 7.79. The second kappa shape index (κ2) is 9.43. The third kappa shape index (κ3) is 4.51. The van der Waals surface area contributed by atoms with E-state index in [0.717, 1.165) is 54.4 Å². The average Bonchev–Trinajstić information content (AvgIpc) is 3.61. The Balaban J connectivity index is 1.25. The summed E-state index contributed by atoms with van der Waals surface area (Å²) in [6, 6.07) is 3.38. The van der Waals surface area contributed by atoms with Crippen molar-refractivity contribution in [1.82, 2.24) is 30.5 Å². The van der Waals surface area contributed by atoms with Gasteiger partial charge in [-0.2, -0.15) is 5.01 Å². The molecule has 2 aromatic rings. The van der Waals surface area contributed by atoms with E-state index in [2.05, 4.69) is 20.9 Å². The highest BCUT2D eigenvalue weighted by molar-refractivity contribution is 7.99. The normalized spacial score (nSPS) is 22.2. The van der Waals surface area contributed by atoms with Gasteiger partial charge in [-0.15, -0.1) is 21.5 Å². The Bertz CT molecular complexity index is 1030. The average molecular weight is 491 g/mol. The standard InChI is InChI=1S/C21H26N6O4S2/c28-16(25-27-18(29)21(22-19(27)30)8-2-1-3-9-21)13-33-20-24-23-17(15-7-5-11-32-15)26(20)12-14-6-4-10-31-14/h5,7,11,14H,1-4,6,8-10,12-13H2,(H,22,30)(H,25,28)/t14-/m1/s1. The lowest BCUT2D eigenvalue weighted by Crippen LogP contribution is -2.51. The monoisotopic (exact) mass is 490 g/mol. The van der Waals surface area contributed by atoms with E-state index >= 15 is 0 Å². The molecule has 3 aliphatic rings. The number of amides is 4. The molecular weight excluding hydrogens is 464 g/mol. The summed E-state index contributed by atoms with van der Waals surface area (Å²) in [6.07, 6.45) is 6.12. The topological polar surface area (TPSA) is 118 Å². The summed E-state index contributed by atoms with van der Waals surface area (Å²) in [6.45, 7) is 1.36. The van der Waals surface area contributed by atoms with Crippen LogP contribution in [0.2, 0.25) is 0 Å². The molecule has 33 heavy (non-hydrogen) atoms. The van der Waals surface area contributed by atoms with E-state index in [1.807, 2.05) is 22.1 Å². The van der Waals surface area contributed by atoms with Crippen molar-refractivity contribution in [3.05, 3.63) is 17.5 Å². The predicted octanol–water partition coefficient (Wildman–Crippen LogP) is 2.56. The second-order valence-corrected chi connectivity index (χ2v) is 10.5. The minimum Gasteiger partial charge on any atom is -0.376 e. The number of hydrazine groups is 1. The second-order valence-electron chi connectivity index (χ2n) is 8.57. The van der Waals surface area contributed by atoms with Crippen LogP contribution >= 0.6 is 23.1 Å². The Morgan fingerprint density at radius 2 is 2.12 bits per heavy atom. The van der Waals surface area contributed by atoms with Crippen LogP contribution in [0.3, 0.4) is 0 Å². The van der Waals surface area contributed by atoms with Gasteiger partial charge in [0.1, 0.15) is 5.54 Å². The van der Waals surface area contributed by atoms with E-state index in [1.165, 1.54) is 11.8 Å². The van der Waals surface area contributed by atoms with Crippen molar-refractivity contribution in [2.45, 2.75) is 68.3 Å². The first kappa shape index (κ1) is 22.4. The molecule has 1 atom stereocenters. The SMILES string of the molecule is O=C(CSc1nnc(-c2cccs2)n1C[C@H]1CCCO1)NN1C(=O)NC2(CCCCC2)C1=O. The van der Waals surface area contributed by atoms with Gasteiger partial charge in [-0.05, 0) is 37.1 Å². The molecule has 1 spiro atoms. The molecule has 1 aliphatic carbocycles. The van der Waals surface area contributed by atoms with Crippen LogP contribution in [0.15, 0.2) is 22.7 Å². The molecular formula is C21H26N6O4S2. The summed E-state index contributed by atoms with van der Waals surface area (Å²) in [7, 11) is 0. The quantitative estimate of drug-likeness (QED) is 0.452. The van der Waals surface area contributed by atoms with Gasteiger partial charge in [-0.1, -0.05) is 37.1 Å². The highest BCUT2D eigenvalue weighted by Crippen LogP contribution is 2.33. The smallest absolute Gasteiger partial charge is 0.344 e. The van der Waals surface area contributed by atoms with E-state index < -0.39 is 17.5 Å². The maximum atomic E-state index is 12.9. The molecule has 12 heteroatoms. The first-order valence-electron chi connectivity index (χ1n) is 11.2. The number of thioether (sulfide) groups is 1. The number of thiophene rings is 1. The number of imide groups is 1. The lowest BCUT2D eigenvalue weighted by Gasteiger charge is -2.30. The van der Waals surface area contributed by atoms with Crippen LogP contribution in [0.1, 0.15) is 44.9 Å². The Morgan fingerprint density at radius 3 is 2.85 bits per heavy atom.